The van der Waals surface area contributed by atoms with Crippen LogP contribution in [0.1, 0.15) is 31.9 Å². The number of aliphatic hydroxyl groups is 1. The van der Waals surface area contributed by atoms with Crippen LogP contribution in [0.5, 0.6) is 0 Å². The van der Waals surface area contributed by atoms with E-state index in [4.69, 9.17) is 16.2 Å². The molecule has 3 fully saturated rings. The van der Waals surface area contributed by atoms with Crippen molar-refractivity contribution in [3.05, 3.63) is 12.7 Å². The van der Waals surface area contributed by atoms with E-state index in [2.05, 4.69) is 30.3 Å². The number of nitrogen functional groups attached to an aromatic ring is 1. The molecule has 7 atom stereocenters. The minimum Gasteiger partial charge on any atom is -0.389 e. The number of hydrogen-bond donors (Lipinski definition) is 7. The lowest BCUT2D eigenvalue weighted by molar-refractivity contribution is -0.119. The van der Waals surface area contributed by atoms with Crippen LogP contribution in [0.15, 0.2) is 12.7 Å². The molecule has 3 saturated heterocycles. The maximum absolute atomic E-state index is 12.4. The molecule has 0 radical (unpaired) electrons. The van der Waals surface area contributed by atoms with Gasteiger partial charge in [-0.2, -0.15) is 24.9 Å². The number of fused-ring (bicyclic) bond motifs is 2. The van der Waals surface area contributed by atoms with Crippen molar-refractivity contribution in [2.24, 2.45) is 5.73 Å². The lowest BCUT2D eigenvalue weighted by Crippen LogP contribution is -2.46. The summed E-state index contributed by atoms with van der Waals surface area (Å²) in [7, 11) is -4.19. The van der Waals surface area contributed by atoms with Crippen molar-refractivity contribution >= 4 is 50.9 Å². The van der Waals surface area contributed by atoms with Gasteiger partial charge in [-0.3, -0.25) is 9.36 Å². The largest absolute Gasteiger partial charge is 0.389 e. The Bertz CT molecular complexity index is 1310. The highest BCUT2D eigenvalue weighted by molar-refractivity contribution is 8.00. The summed E-state index contributed by atoms with van der Waals surface area (Å²) in [5.74, 6) is 0.382. The second kappa shape index (κ2) is 10.8. The second-order valence-corrected chi connectivity index (χ2v) is 12.2. The van der Waals surface area contributed by atoms with Crippen LogP contribution in [-0.2, 0) is 19.7 Å². The number of urea groups is 1. The predicted molar refractivity (Wildman–Crippen MR) is 137 cm³/mol. The van der Waals surface area contributed by atoms with Gasteiger partial charge in [-0.15, -0.1) is 0 Å². The van der Waals surface area contributed by atoms with E-state index in [9.17, 15) is 23.1 Å². The molecule has 0 aliphatic carbocycles. The van der Waals surface area contributed by atoms with Gasteiger partial charge in [0.15, 0.2) is 17.7 Å². The first-order chi connectivity index (χ1) is 18.1. The van der Waals surface area contributed by atoms with Gasteiger partial charge in [-0.25, -0.2) is 24.5 Å². The highest BCUT2D eigenvalue weighted by atomic mass is 32.2. The molecule has 0 unspecified atom stereocenters. The summed E-state index contributed by atoms with van der Waals surface area (Å²) in [6.07, 6.45) is 1.67. The fourth-order valence-electron chi connectivity index (χ4n) is 4.95. The molecule has 2 aromatic heterocycles. The lowest BCUT2D eigenvalue weighted by Gasteiger charge is -2.17. The maximum Gasteiger partial charge on any atom is 0.315 e. The number of nitrogens with one attached hydrogen (secondary N) is 4. The zero-order chi connectivity index (χ0) is 27.0. The van der Waals surface area contributed by atoms with Crippen LogP contribution in [0.4, 0.5) is 10.6 Å². The third kappa shape index (κ3) is 5.50. The highest BCUT2D eigenvalue weighted by Crippen LogP contribution is 2.33. The van der Waals surface area contributed by atoms with Crippen LogP contribution in [-0.4, -0.2) is 92.9 Å². The Morgan fingerprint density at radius 3 is 2.92 bits per heavy atom. The Kier molecular flexibility index (Phi) is 7.60. The van der Waals surface area contributed by atoms with E-state index in [1.807, 2.05) is 4.72 Å². The van der Waals surface area contributed by atoms with Crippen LogP contribution < -0.4 is 31.5 Å². The van der Waals surface area contributed by atoms with E-state index < -0.39 is 40.6 Å². The summed E-state index contributed by atoms with van der Waals surface area (Å²) in [4.78, 5) is 35.8. The smallest absolute Gasteiger partial charge is 0.315 e. The van der Waals surface area contributed by atoms with Gasteiger partial charge >= 0.3 is 16.2 Å². The predicted octanol–water partition coefficient (Wildman–Crippen LogP) is -2.33. The molecule has 5 rings (SSSR count). The normalized spacial score (nSPS) is 30.8. The molecule has 3 aliphatic rings. The molecule has 3 amide bonds. The standard InChI is InChI=1S/C20H30N10O6S2/c21-13-16(32)10(36-19(13)30-8-25-15-17(22)23-7-24-18(15)30)5-26-38(34,35)29-12(31)4-2-1-3-11-14-9(6-37-11)27-20(33)28-14/h7-11,13-14,16,19,26,32H,1-6,21H2,(H,29,31)(H2,22,23,24)(H2,27,28,33)/t9-,10+,11-,13+,14-,16+,19+/m0/s1. The number of rotatable bonds is 10. The molecule has 0 bridgehead atoms. The minimum atomic E-state index is -4.19. The molecule has 0 aromatic carbocycles. The third-order valence-corrected chi connectivity index (χ3v) is 9.44. The molecule has 0 saturated carbocycles. The van der Waals surface area contributed by atoms with Gasteiger partial charge in [0.25, 0.3) is 0 Å². The maximum atomic E-state index is 12.4. The Morgan fingerprint density at radius 2 is 2.11 bits per heavy atom. The first-order valence-corrected chi connectivity index (χ1v) is 14.7. The van der Waals surface area contributed by atoms with E-state index in [1.54, 1.807) is 11.8 Å². The van der Waals surface area contributed by atoms with Crippen molar-refractivity contribution in [2.75, 3.05) is 18.0 Å². The number of aliphatic hydroxyl groups excluding tert-OH is 1. The van der Waals surface area contributed by atoms with Gasteiger partial charge in [-0.1, -0.05) is 6.42 Å². The van der Waals surface area contributed by atoms with Crippen molar-refractivity contribution in [1.29, 1.82) is 0 Å². The van der Waals surface area contributed by atoms with Crippen LogP contribution in [0, 0.1) is 0 Å². The van der Waals surface area contributed by atoms with E-state index in [0.29, 0.717) is 17.6 Å². The SMILES string of the molecule is Nc1ncnc2c1ncn2[C@@H]1O[C@H](CNS(=O)(=O)NC(=O)CCCC[C@@H]2SC[C@@H]3NC(=O)N[C@@H]32)[C@@H](O)[C@H]1N. The van der Waals surface area contributed by atoms with Crippen LogP contribution in [0.3, 0.4) is 0 Å². The third-order valence-electron chi connectivity index (χ3n) is 6.88. The molecule has 0 spiro atoms. The van der Waals surface area contributed by atoms with Gasteiger partial charge in [0.2, 0.25) is 5.91 Å². The second-order valence-electron chi connectivity index (χ2n) is 9.46. The fraction of sp³-hybridized carbons (Fsp3) is 0.650. The summed E-state index contributed by atoms with van der Waals surface area (Å²) >= 11 is 1.78. The van der Waals surface area contributed by atoms with Crippen molar-refractivity contribution < 1.29 is 27.9 Å². The number of amides is 3. The zero-order valence-corrected chi connectivity index (χ0v) is 21.8. The van der Waals surface area contributed by atoms with E-state index >= 15 is 0 Å². The number of anilines is 1. The van der Waals surface area contributed by atoms with E-state index in [0.717, 1.165) is 18.6 Å². The molecular formula is C20H30N10O6S2. The van der Waals surface area contributed by atoms with E-state index in [1.165, 1.54) is 17.2 Å². The number of unbranched alkanes of at least 4 members (excludes halogenated alkanes) is 1. The Labute approximate surface area is 222 Å². The Morgan fingerprint density at radius 1 is 1.29 bits per heavy atom. The van der Waals surface area contributed by atoms with Crippen LogP contribution in [0.2, 0.25) is 0 Å². The van der Waals surface area contributed by atoms with Crippen molar-refractivity contribution in [1.82, 2.24) is 39.6 Å². The number of carbonyl (C=O) groups is 2. The van der Waals surface area contributed by atoms with Gasteiger partial charge in [-0.05, 0) is 12.8 Å². The Hall–Kier alpha value is -2.77. The summed E-state index contributed by atoms with van der Waals surface area (Å²) in [5.41, 5.74) is 12.6. The number of hydrogen-bond acceptors (Lipinski definition) is 12. The molecule has 38 heavy (non-hydrogen) atoms. The van der Waals surface area contributed by atoms with Crippen LogP contribution >= 0.6 is 11.8 Å². The van der Waals surface area contributed by atoms with Gasteiger partial charge in [0.05, 0.1) is 24.5 Å². The Balaban J connectivity index is 1.07. The lowest BCUT2D eigenvalue weighted by atomic mass is 10.0. The monoisotopic (exact) mass is 570 g/mol. The van der Waals surface area contributed by atoms with Crippen LogP contribution in [0.25, 0.3) is 11.2 Å². The van der Waals surface area contributed by atoms with E-state index in [-0.39, 0.29) is 42.1 Å². The number of aromatic nitrogens is 4. The van der Waals surface area contributed by atoms with Crippen molar-refractivity contribution in [3.63, 3.8) is 0 Å². The molecule has 16 nitrogen and oxygen atoms in total. The molecule has 208 valence electrons. The first-order valence-electron chi connectivity index (χ1n) is 12.1. The topological polar surface area (TPSA) is 242 Å². The van der Waals surface area contributed by atoms with Crippen molar-refractivity contribution in [2.45, 2.75) is 67.5 Å². The molecule has 2 aromatic rings. The molecular weight excluding hydrogens is 540 g/mol. The summed E-state index contributed by atoms with van der Waals surface area (Å²) in [6.45, 7) is -0.320. The number of carbonyl (C=O) groups excluding carboxylic acids is 2. The summed E-state index contributed by atoms with van der Waals surface area (Å²) < 4.78 is 36.3. The van der Waals surface area contributed by atoms with Gasteiger partial charge in [0, 0.05) is 24.0 Å². The average Bonchev–Trinajstić information content (AvgIpc) is 3.61. The summed E-state index contributed by atoms with van der Waals surface area (Å²) in [6, 6.07) is -0.832. The minimum absolute atomic E-state index is 0.0329. The average molecular weight is 571 g/mol. The van der Waals surface area contributed by atoms with Gasteiger partial charge in [0.1, 0.15) is 24.1 Å². The zero-order valence-electron chi connectivity index (χ0n) is 20.2. The number of ether oxygens (including phenoxy) is 1. The number of nitrogens with two attached hydrogens (primary N) is 2. The fourth-order valence-corrected chi connectivity index (χ4v) is 7.35. The molecule has 18 heteroatoms. The number of imidazole rings is 1. The quantitative estimate of drug-likeness (QED) is 0.117. The number of nitrogens with zero attached hydrogens (tertiary/aromatic N) is 4. The molecule has 3 aliphatic heterocycles. The number of thioether (sulfide) groups is 1. The highest BCUT2D eigenvalue weighted by Gasteiger charge is 2.44. The summed E-state index contributed by atoms with van der Waals surface area (Å²) in [5, 5.41) is 16.6. The molecule has 9 N–H and O–H groups in total. The molecule has 5 heterocycles. The first kappa shape index (κ1) is 26.8. The van der Waals surface area contributed by atoms with Crippen molar-refractivity contribution in [3.8, 4) is 0 Å². The van der Waals surface area contributed by atoms with Gasteiger partial charge < -0.3 is 31.9 Å².